The molecule has 2 heterocycles. The number of hydrogen-bond acceptors (Lipinski definition) is 3. The molecule has 2 aromatic rings. The van der Waals surface area contributed by atoms with Crippen molar-refractivity contribution in [3.05, 3.63) is 50.4 Å². The molecule has 94 valence electrons. The Hall–Kier alpha value is -1.10. The minimum Gasteiger partial charge on any atom is -0.335 e. The highest BCUT2D eigenvalue weighted by Crippen LogP contribution is 2.19. The van der Waals surface area contributed by atoms with Crippen LogP contribution in [0.3, 0.4) is 0 Å². The molecule has 0 unspecified atom stereocenters. The minimum absolute atomic E-state index is 0.184. The lowest BCUT2D eigenvalue weighted by Gasteiger charge is -2.16. The molecular weight excluding hydrogens is 291 g/mol. The van der Waals surface area contributed by atoms with E-state index in [9.17, 15) is 4.79 Å². The lowest BCUT2D eigenvalue weighted by atomic mass is 10.3. The summed E-state index contributed by atoms with van der Waals surface area (Å²) >= 11 is 13.3. The molecule has 0 aliphatic rings. The summed E-state index contributed by atoms with van der Waals surface area (Å²) in [6.45, 7) is 0.529. The second-order valence-electron chi connectivity index (χ2n) is 3.70. The van der Waals surface area contributed by atoms with Crippen molar-refractivity contribution in [3.8, 4) is 0 Å². The first kappa shape index (κ1) is 13.3. The number of aromatic nitrogens is 1. The molecule has 2 aromatic heterocycles. The lowest BCUT2D eigenvalue weighted by molar-refractivity contribution is 0.0781. The van der Waals surface area contributed by atoms with Gasteiger partial charge >= 0.3 is 0 Å². The summed E-state index contributed by atoms with van der Waals surface area (Å²) in [5.41, 5.74) is 0.184. The van der Waals surface area contributed by atoms with Crippen LogP contribution in [0, 0.1) is 0 Å². The van der Waals surface area contributed by atoms with Crippen LogP contribution in [0.5, 0.6) is 0 Å². The number of carbonyl (C=O) groups excluding carboxylic acids is 1. The van der Waals surface area contributed by atoms with Crippen LogP contribution in [0.4, 0.5) is 0 Å². The number of nitrogens with zero attached hydrogens (tertiary/aromatic N) is 2. The molecule has 3 nitrogen and oxygen atoms in total. The fourth-order valence-electron chi connectivity index (χ4n) is 1.46. The number of hydrogen-bond donors (Lipinski definition) is 0. The van der Waals surface area contributed by atoms with Gasteiger partial charge in [0.05, 0.1) is 11.6 Å². The van der Waals surface area contributed by atoms with Crippen LogP contribution in [0.1, 0.15) is 15.4 Å². The third-order valence-electron chi connectivity index (χ3n) is 2.33. The Labute approximate surface area is 119 Å². The Balaban J connectivity index is 2.17. The van der Waals surface area contributed by atoms with E-state index in [1.807, 2.05) is 17.5 Å². The van der Waals surface area contributed by atoms with E-state index in [4.69, 9.17) is 23.2 Å². The summed E-state index contributed by atoms with van der Waals surface area (Å²) in [6.07, 6.45) is 0. The van der Waals surface area contributed by atoms with E-state index in [1.165, 1.54) is 0 Å². The Bertz CT molecular complexity index is 557. The van der Waals surface area contributed by atoms with Gasteiger partial charge in [0.2, 0.25) is 0 Å². The van der Waals surface area contributed by atoms with E-state index in [2.05, 4.69) is 4.98 Å². The summed E-state index contributed by atoms with van der Waals surface area (Å²) in [6, 6.07) is 7.05. The van der Waals surface area contributed by atoms with Gasteiger partial charge in [-0.25, -0.2) is 4.98 Å². The summed E-state index contributed by atoms with van der Waals surface area (Å²) in [5.74, 6) is -0.240. The zero-order valence-electron chi connectivity index (χ0n) is 9.56. The molecule has 0 aliphatic carbocycles. The highest BCUT2D eigenvalue weighted by atomic mass is 35.5. The van der Waals surface area contributed by atoms with Gasteiger partial charge in [-0.05, 0) is 23.6 Å². The molecule has 0 aliphatic heterocycles. The maximum Gasteiger partial charge on any atom is 0.274 e. The topological polar surface area (TPSA) is 33.2 Å². The zero-order chi connectivity index (χ0) is 13.1. The van der Waals surface area contributed by atoms with Crippen molar-refractivity contribution in [2.45, 2.75) is 6.54 Å². The second-order valence-corrected chi connectivity index (χ2v) is 5.53. The Kier molecular flexibility index (Phi) is 4.22. The molecule has 0 saturated heterocycles. The first-order valence-corrected chi connectivity index (χ1v) is 6.81. The SMILES string of the molecule is CN(Cc1cccs1)C(=O)c1nc(Cl)ccc1Cl. The summed E-state index contributed by atoms with van der Waals surface area (Å²) in [4.78, 5) is 18.8. The van der Waals surface area contributed by atoms with E-state index in [0.29, 0.717) is 11.6 Å². The number of amides is 1. The number of carbonyl (C=O) groups is 1. The third-order valence-corrected chi connectivity index (χ3v) is 3.71. The van der Waals surface area contributed by atoms with E-state index in [-0.39, 0.29) is 16.8 Å². The molecule has 0 radical (unpaired) electrons. The van der Waals surface area contributed by atoms with Crippen LogP contribution in [0.2, 0.25) is 10.2 Å². The fraction of sp³-hybridized carbons (Fsp3) is 0.167. The highest BCUT2D eigenvalue weighted by molar-refractivity contribution is 7.09. The van der Waals surface area contributed by atoms with E-state index in [0.717, 1.165) is 4.88 Å². The van der Waals surface area contributed by atoms with Crippen LogP contribution in [0.15, 0.2) is 29.6 Å². The molecule has 6 heteroatoms. The molecule has 0 N–H and O–H groups in total. The predicted octanol–water partition coefficient (Wildman–Crippen LogP) is 3.72. The summed E-state index contributed by atoms with van der Waals surface area (Å²) in [5, 5.41) is 2.54. The van der Waals surface area contributed by atoms with Crippen molar-refractivity contribution in [2.24, 2.45) is 0 Å². The molecule has 0 spiro atoms. The summed E-state index contributed by atoms with van der Waals surface area (Å²) < 4.78 is 0. The van der Waals surface area contributed by atoms with E-state index in [1.54, 1.807) is 35.4 Å². The van der Waals surface area contributed by atoms with Crippen molar-refractivity contribution >= 4 is 40.4 Å². The average molecular weight is 301 g/mol. The highest BCUT2D eigenvalue weighted by Gasteiger charge is 2.17. The Morgan fingerprint density at radius 3 is 2.83 bits per heavy atom. The van der Waals surface area contributed by atoms with Gasteiger partial charge in [-0.15, -0.1) is 11.3 Å². The molecule has 2 rings (SSSR count). The minimum atomic E-state index is -0.240. The fourth-order valence-corrected chi connectivity index (χ4v) is 2.55. The van der Waals surface area contributed by atoms with Crippen molar-refractivity contribution in [3.63, 3.8) is 0 Å². The monoisotopic (exact) mass is 300 g/mol. The number of pyridine rings is 1. The van der Waals surface area contributed by atoms with Gasteiger partial charge in [0.15, 0.2) is 0 Å². The molecule has 0 fully saturated rings. The van der Waals surface area contributed by atoms with Crippen LogP contribution in [-0.4, -0.2) is 22.8 Å². The number of halogens is 2. The molecular formula is C12H10Cl2N2OS. The number of thiophene rings is 1. The van der Waals surface area contributed by atoms with Crippen molar-refractivity contribution in [1.82, 2.24) is 9.88 Å². The molecule has 0 bridgehead atoms. The second kappa shape index (κ2) is 5.69. The zero-order valence-corrected chi connectivity index (χ0v) is 11.9. The third kappa shape index (κ3) is 3.02. The van der Waals surface area contributed by atoms with Gasteiger partial charge in [-0.1, -0.05) is 29.3 Å². The van der Waals surface area contributed by atoms with Gasteiger partial charge in [0, 0.05) is 11.9 Å². The van der Waals surface area contributed by atoms with E-state index >= 15 is 0 Å². The van der Waals surface area contributed by atoms with Gasteiger partial charge in [0.1, 0.15) is 10.8 Å². The summed E-state index contributed by atoms with van der Waals surface area (Å²) in [7, 11) is 1.71. The molecule has 0 aromatic carbocycles. The van der Waals surface area contributed by atoms with Crippen molar-refractivity contribution < 1.29 is 4.79 Å². The van der Waals surface area contributed by atoms with Crippen molar-refractivity contribution in [2.75, 3.05) is 7.05 Å². The molecule has 18 heavy (non-hydrogen) atoms. The quantitative estimate of drug-likeness (QED) is 0.809. The largest absolute Gasteiger partial charge is 0.335 e. The first-order valence-electron chi connectivity index (χ1n) is 5.18. The predicted molar refractivity (Wildman–Crippen MR) is 74.4 cm³/mol. The van der Waals surface area contributed by atoms with Gasteiger partial charge in [-0.2, -0.15) is 0 Å². The van der Waals surface area contributed by atoms with Gasteiger partial charge < -0.3 is 4.90 Å². The smallest absolute Gasteiger partial charge is 0.274 e. The maximum absolute atomic E-state index is 12.2. The first-order chi connectivity index (χ1) is 8.58. The van der Waals surface area contributed by atoms with Crippen LogP contribution >= 0.6 is 34.5 Å². The lowest BCUT2D eigenvalue weighted by Crippen LogP contribution is -2.27. The van der Waals surface area contributed by atoms with E-state index < -0.39 is 0 Å². The van der Waals surface area contributed by atoms with Gasteiger partial charge in [-0.3, -0.25) is 4.79 Å². The maximum atomic E-state index is 12.2. The molecule has 0 saturated carbocycles. The molecule has 0 atom stereocenters. The Morgan fingerprint density at radius 2 is 2.17 bits per heavy atom. The standard InChI is InChI=1S/C12H10Cl2N2OS/c1-16(7-8-3-2-6-18-8)12(17)11-9(13)4-5-10(14)15-11/h2-6H,7H2,1H3. The van der Waals surface area contributed by atoms with Crippen LogP contribution < -0.4 is 0 Å². The normalized spacial score (nSPS) is 10.4. The van der Waals surface area contributed by atoms with Crippen molar-refractivity contribution in [1.29, 1.82) is 0 Å². The molecule has 1 amide bonds. The van der Waals surface area contributed by atoms with Crippen LogP contribution in [0.25, 0.3) is 0 Å². The van der Waals surface area contributed by atoms with Crippen LogP contribution in [-0.2, 0) is 6.54 Å². The average Bonchev–Trinajstić information content (AvgIpc) is 2.84. The van der Waals surface area contributed by atoms with Gasteiger partial charge in [0.25, 0.3) is 5.91 Å². The Morgan fingerprint density at radius 1 is 1.39 bits per heavy atom. The number of rotatable bonds is 3.